The molecule has 1 aliphatic carbocycles. The summed E-state index contributed by atoms with van der Waals surface area (Å²) in [6.07, 6.45) is 12.9. The number of carbonyl (C=O) groups excluding carboxylic acids is 1. The highest BCUT2D eigenvalue weighted by Crippen LogP contribution is 2.48. The summed E-state index contributed by atoms with van der Waals surface area (Å²) >= 11 is 0. The van der Waals surface area contributed by atoms with Gasteiger partial charge in [-0.1, -0.05) is 25.3 Å². The van der Waals surface area contributed by atoms with E-state index in [4.69, 9.17) is 14.6 Å². The Hall–Kier alpha value is -5.18. The minimum atomic E-state index is -0.970. The number of methoxy groups -OCH3 is 1. The molecule has 234 valence electrons. The molecule has 0 spiro atoms. The standard InChI is InChI=1S/C37H36N4O5/c1-4-46-37(44)30-20-39-41(31-14-15-38-19-22(31)2)34(30)26-16-25-17-27(45-3)11-13-28(25)35-33(23-8-6-5-7-9-23)29-12-10-24(36(42)43)18-32(29)40(35)21-26/h10-20,23H,4-9,21H2,1-3H3,(H,42,43). The van der Waals surface area contributed by atoms with Crippen molar-refractivity contribution in [3.63, 3.8) is 0 Å². The van der Waals surface area contributed by atoms with Gasteiger partial charge < -0.3 is 19.1 Å². The number of fused-ring (bicyclic) bond motifs is 5. The zero-order valence-corrected chi connectivity index (χ0v) is 26.2. The smallest absolute Gasteiger partial charge is 0.341 e. The lowest BCUT2D eigenvalue weighted by Gasteiger charge is -2.24. The average molecular weight is 617 g/mol. The fraction of sp³-hybridized carbons (Fsp3) is 0.297. The molecule has 0 amide bonds. The van der Waals surface area contributed by atoms with Crippen LogP contribution in [0.1, 0.15) is 88.0 Å². The van der Waals surface area contributed by atoms with Gasteiger partial charge in [0, 0.05) is 28.9 Å². The Labute approximate surface area is 267 Å². The van der Waals surface area contributed by atoms with Crippen molar-refractivity contribution in [1.82, 2.24) is 19.3 Å². The maximum absolute atomic E-state index is 13.5. The molecule has 0 unspecified atom stereocenters. The van der Waals surface area contributed by atoms with Gasteiger partial charge in [-0.15, -0.1) is 0 Å². The van der Waals surface area contributed by atoms with Crippen molar-refractivity contribution >= 4 is 34.5 Å². The highest BCUT2D eigenvalue weighted by Gasteiger charge is 2.32. The number of hydrogen-bond acceptors (Lipinski definition) is 6. The number of rotatable bonds is 7. The monoisotopic (exact) mass is 616 g/mol. The van der Waals surface area contributed by atoms with Gasteiger partial charge in [-0.25, -0.2) is 14.3 Å². The van der Waals surface area contributed by atoms with Gasteiger partial charge in [-0.3, -0.25) is 4.98 Å². The number of nitrogens with zero attached hydrogens (tertiary/aromatic N) is 4. The van der Waals surface area contributed by atoms with Gasteiger partial charge >= 0.3 is 11.9 Å². The number of aromatic carboxylic acids is 1. The first-order valence-electron chi connectivity index (χ1n) is 15.8. The van der Waals surface area contributed by atoms with Crippen LogP contribution in [0.4, 0.5) is 0 Å². The molecule has 1 fully saturated rings. The van der Waals surface area contributed by atoms with Gasteiger partial charge in [0.2, 0.25) is 0 Å². The van der Waals surface area contributed by atoms with Crippen molar-refractivity contribution < 1.29 is 24.2 Å². The van der Waals surface area contributed by atoms with Gasteiger partial charge in [-0.05, 0) is 97.3 Å². The van der Waals surface area contributed by atoms with E-state index in [-0.39, 0.29) is 12.2 Å². The molecule has 5 aromatic rings. The van der Waals surface area contributed by atoms with Crippen molar-refractivity contribution in [2.24, 2.45) is 0 Å². The molecule has 0 saturated heterocycles. The van der Waals surface area contributed by atoms with Crippen molar-refractivity contribution in [3.8, 4) is 22.7 Å². The van der Waals surface area contributed by atoms with E-state index in [0.29, 0.717) is 23.7 Å². The summed E-state index contributed by atoms with van der Waals surface area (Å²) in [7, 11) is 1.65. The van der Waals surface area contributed by atoms with Crippen molar-refractivity contribution in [3.05, 3.63) is 94.6 Å². The van der Waals surface area contributed by atoms with Gasteiger partial charge in [-0.2, -0.15) is 5.10 Å². The lowest BCUT2D eigenvalue weighted by atomic mass is 9.81. The topological polar surface area (TPSA) is 108 Å². The minimum Gasteiger partial charge on any atom is -0.497 e. The Morgan fingerprint density at radius 2 is 1.85 bits per heavy atom. The third kappa shape index (κ3) is 4.96. The van der Waals surface area contributed by atoms with Crippen LogP contribution in [0.3, 0.4) is 0 Å². The number of benzene rings is 2. The lowest BCUT2D eigenvalue weighted by molar-refractivity contribution is 0.0525. The molecular formula is C37H36N4O5. The summed E-state index contributed by atoms with van der Waals surface area (Å²) in [5, 5.41) is 15.8. The van der Waals surface area contributed by atoms with E-state index in [0.717, 1.165) is 76.0 Å². The van der Waals surface area contributed by atoms with Gasteiger partial charge in [0.1, 0.15) is 11.3 Å². The highest BCUT2D eigenvalue weighted by atomic mass is 16.5. The van der Waals surface area contributed by atoms with Gasteiger partial charge in [0.15, 0.2) is 0 Å². The molecule has 1 saturated carbocycles. The predicted molar refractivity (Wildman–Crippen MR) is 177 cm³/mol. The second-order valence-electron chi connectivity index (χ2n) is 12.0. The van der Waals surface area contributed by atoms with E-state index in [2.05, 4.69) is 21.7 Å². The molecule has 1 aliphatic heterocycles. The Morgan fingerprint density at radius 3 is 2.59 bits per heavy atom. The van der Waals surface area contributed by atoms with Crippen molar-refractivity contribution in [2.75, 3.05) is 13.7 Å². The number of carboxylic acid groups (broad SMARTS) is 1. The number of carbonyl (C=O) groups is 2. The zero-order chi connectivity index (χ0) is 31.9. The van der Waals surface area contributed by atoms with E-state index < -0.39 is 11.9 Å². The summed E-state index contributed by atoms with van der Waals surface area (Å²) in [5.41, 5.74) is 8.91. The van der Waals surface area contributed by atoms with E-state index >= 15 is 0 Å². The fourth-order valence-electron chi connectivity index (χ4n) is 7.22. The lowest BCUT2D eigenvalue weighted by Crippen LogP contribution is -2.13. The third-order valence-corrected chi connectivity index (χ3v) is 9.32. The third-order valence-electron chi connectivity index (χ3n) is 9.32. The SMILES string of the molecule is CCOC(=O)c1cnn(-c2ccncc2C)c1C1=Cc2cc(OC)ccc2-c2c(C3CCCCC3)c3ccc(C(=O)O)cc3n2C1. The van der Waals surface area contributed by atoms with E-state index in [9.17, 15) is 14.7 Å². The molecule has 1 N–H and O–H groups in total. The average Bonchev–Trinajstić information content (AvgIpc) is 3.60. The normalized spacial score (nSPS) is 14.7. The Morgan fingerprint density at radius 1 is 1.02 bits per heavy atom. The number of esters is 1. The molecule has 0 atom stereocenters. The highest BCUT2D eigenvalue weighted by molar-refractivity contribution is 6.03. The summed E-state index contributed by atoms with van der Waals surface area (Å²) in [6, 6.07) is 13.5. The Bertz CT molecular complexity index is 2030. The molecule has 0 radical (unpaired) electrons. The largest absolute Gasteiger partial charge is 0.497 e. The molecule has 46 heavy (non-hydrogen) atoms. The van der Waals surface area contributed by atoms with Gasteiger partial charge in [0.05, 0.1) is 49.1 Å². The van der Waals surface area contributed by atoms with Crippen LogP contribution in [0.15, 0.2) is 61.1 Å². The van der Waals surface area contributed by atoms with Crippen LogP contribution in [0.25, 0.3) is 39.5 Å². The quantitative estimate of drug-likeness (QED) is 0.187. The zero-order valence-electron chi connectivity index (χ0n) is 26.2. The molecular weight excluding hydrogens is 580 g/mol. The van der Waals surface area contributed by atoms with Crippen molar-refractivity contribution in [2.45, 2.75) is 58.4 Å². The maximum atomic E-state index is 13.5. The molecule has 9 heteroatoms. The number of carboxylic acids is 1. The second kappa shape index (κ2) is 12.0. The molecule has 0 bridgehead atoms. The molecule has 4 heterocycles. The number of ether oxygens (including phenoxy) is 2. The van der Waals surface area contributed by atoms with Gasteiger partial charge in [0.25, 0.3) is 0 Å². The Balaban J connectivity index is 1.56. The van der Waals surface area contributed by atoms with Crippen LogP contribution in [0.5, 0.6) is 5.75 Å². The Kier molecular flexibility index (Phi) is 7.68. The van der Waals surface area contributed by atoms with Crippen LogP contribution in [-0.2, 0) is 11.3 Å². The number of aromatic nitrogens is 4. The molecule has 3 aromatic heterocycles. The summed E-state index contributed by atoms with van der Waals surface area (Å²) in [5.74, 6) is -0.364. The van der Waals surface area contributed by atoms with Crippen molar-refractivity contribution in [1.29, 1.82) is 0 Å². The van der Waals surface area contributed by atoms with E-state index in [1.165, 1.54) is 12.0 Å². The fourth-order valence-corrected chi connectivity index (χ4v) is 7.22. The second-order valence-corrected chi connectivity index (χ2v) is 12.0. The maximum Gasteiger partial charge on any atom is 0.341 e. The first-order valence-corrected chi connectivity index (χ1v) is 15.8. The summed E-state index contributed by atoms with van der Waals surface area (Å²) in [6.45, 7) is 4.35. The van der Waals surface area contributed by atoms with Crippen LogP contribution >= 0.6 is 0 Å². The van der Waals surface area contributed by atoms with E-state index in [1.54, 1.807) is 49.4 Å². The molecule has 2 aliphatic rings. The molecule has 7 rings (SSSR count). The number of allylic oxidation sites excluding steroid dienone is 1. The summed E-state index contributed by atoms with van der Waals surface area (Å²) < 4.78 is 15.2. The number of hydrogen-bond donors (Lipinski definition) is 1. The minimum absolute atomic E-state index is 0.228. The van der Waals surface area contributed by atoms with E-state index in [1.807, 2.05) is 31.2 Å². The molecule has 2 aromatic carbocycles. The summed E-state index contributed by atoms with van der Waals surface area (Å²) in [4.78, 5) is 29.9. The van der Waals surface area contributed by atoms with Crippen LogP contribution in [-0.4, -0.2) is 50.1 Å². The first-order chi connectivity index (χ1) is 22.4. The first kappa shape index (κ1) is 29.5. The predicted octanol–water partition coefficient (Wildman–Crippen LogP) is 7.68. The number of pyridine rings is 1. The molecule has 9 nitrogen and oxygen atoms in total. The van der Waals surface area contributed by atoms with Crippen LogP contribution in [0.2, 0.25) is 0 Å². The van der Waals surface area contributed by atoms with Crippen LogP contribution < -0.4 is 4.74 Å². The van der Waals surface area contributed by atoms with Crippen LogP contribution in [0, 0.1) is 6.92 Å². The number of aryl methyl sites for hydroxylation is 1.